The summed E-state index contributed by atoms with van der Waals surface area (Å²) in [5.41, 5.74) is 2.41. The number of carbonyl (C=O) groups is 4. The Morgan fingerprint density at radius 1 is 0.971 bits per heavy atom. The highest BCUT2D eigenvalue weighted by Gasteiger charge is 2.49. The van der Waals surface area contributed by atoms with Gasteiger partial charge in [-0.05, 0) is 56.2 Å². The topological polar surface area (TPSA) is 96.0 Å². The lowest BCUT2D eigenvalue weighted by molar-refractivity contribution is -0.125. The lowest BCUT2D eigenvalue weighted by Crippen LogP contribution is -2.45. The molecule has 1 N–H and O–H groups in total. The highest BCUT2D eigenvalue weighted by molar-refractivity contribution is 6.22. The summed E-state index contributed by atoms with van der Waals surface area (Å²) in [6, 6.07) is 12.3. The van der Waals surface area contributed by atoms with E-state index in [2.05, 4.69) is 10.1 Å². The van der Waals surface area contributed by atoms with Crippen LogP contribution in [-0.4, -0.2) is 47.9 Å². The van der Waals surface area contributed by atoms with Crippen LogP contribution in [-0.2, 0) is 14.3 Å². The predicted molar refractivity (Wildman–Crippen MR) is 128 cm³/mol. The molecule has 1 aliphatic heterocycles. The zero-order chi connectivity index (χ0) is 24.2. The Kier molecular flexibility index (Phi) is 6.95. The molecule has 4 amide bonds. The molecule has 1 saturated carbocycles. The number of rotatable bonds is 6. The van der Waals surface area contributed by atoms with Crippen molar-refractivity contribution in [1.29, 1.82) is 0 Å². The SMILES string of the molecule is COC(=O)c1ccc(NC(=O)C[C@H]2C(=O)N(c3ccc(C)cc3)C(=O)N2C2CCCCC2)cc1. The third-order valence-corrected chi connectivity index (χ3v) is 6.48. The molecule has 4 rings (SSSR count). The molecule has 0 radical (unpaired) electrons. The van der Waals surface area contributed by atoms with E-state index in [4.69, 9.17) is 0 Å². The molecule has 8 heteroatoms. The maximum absolute atomic E-state index is 13.4. The number of amides is 4. The summed E-state index contributed by atoms with van der Waals surface area (Å²) < 4.78 is 4.68. The Bertz CT molecular complexity index is 1070. The summed E-state index contributed by atoms with van der Waals surface area (Å²) in [5.74, 6) is -1.22. The van der Waals surface area contributed by atoms with Gasteiger partial charge in [-0.15, -0.1) is 0 Å². The summed E-state index contributed by atoms with van der Waals surface area (Å²) in [5, 5.41) is 2.77. The second-order valence-corrected chi connectivity index (χ2v) is 8.83. The standard InChI is InChI=1S/C26H29N3O5/c1-17-8-14-21(15-9-17)29-24(31)22(28(26(29)33)20-6-4-3-5-7-20)16-23(30)27-19-12-10-18(11-13-19)25(32)34-2/h8-15,20,22H,3-7,16H2,1-2H3,(H,27,30)/t22-/m0/s1. The zero-order valence-corrected chi connectivity index (χ0v) is 19.5. The molecule has 2 fully saturated rings. The van der Waals surface area contributed by atoms with Gasteiger partial charge in [0.25, 0.3) is 5.91 Å². The highest BCUT2D eigenvalue weighted by Crippen LogP contribution is 2.33. The summed E-state index contributed by atoms with van der Waals surface area (Å²) in [4.78, 5) is 54.2. The predicted octanol–water partition coefficient (Wildman–Crippen LogP) is 4.28. The Hall–Kier alpha value is -3.68. The van der Waals surface area contributed by atoms with E-state index in [1.54, 1.807) is 41.3 Å². The quantitative estimate of drug-likeness (QED) is 0.510. The normalized spacial score (nSPS) is 18.8. The Morgan fingerprint density at radius 3 is 2.24 bits per heavy atom. The molecule has 0 bridgehead atoms. The highest BCUT2D eigenvalue weighted by atomic mass is 16.5. The van der Waals surface area contributed by atoms with Gasteiger partial charge in [-0.1, -0.05) is 37.0 Å². The van der Waals surface area contributed by atoms with Crippen LogP contribution in [0.1, 0.15) is 54.4 Å². The molecule has 8 nitrogen and oxygen atoms in total. The van der Waals surface area contributed by atoms with Crippen molar-refractivity contribution in [2.24, 2.45) is 0 Å². The minimum atomic E-state index is -0.855. The van der Waals surface area contributed by atoms with Crippen molar-refractivity contribution in [3.63, 3.8) is 0 Å². The molecule has 2 aromatic carbocycles. The molecule has 178 valence electrons. The summed E-state index contributed by atoms with van der Waals surface area (Å²) in [6.45, 7) is 1.94. The number of anilines is 2. The number of methoxy groups -OCH3 is 1. The van der Waals surface area contributed by atoms with E-state index in [0.717, 1.165) is 37.7 Å². The van der Waals surface area contributed by atoms with Gasteiger partial charge in [0.05, 0.1) is 24.8 Å². The molecule has 1 heterocycles. The molecule has 0 aromatic heterocycles. The van der Waals surface area contributed by atoms with Gasteiger partial charge in [-0.3, -0.25) is 9.59 Å². The third kappa shape index (κ3) is 4.81. The van der Waals surface area contributed by atoms with Gasteiger partial charge >= 0.3 is 12.0 Å². The van der Waals surface area contributed by atoms with Crippen molar-refractivity contribution in [1.82, 2.24) is 4.90 Å². The number of urea groups is 1. The van der Waals surface area contributed by atoms with Crippen LogP contribution >= 0.6 is 0 Å². The van der Waals surface area contributed by atoms with Crippen molar-refractivity contribution in [3.8, 4) is 0 Å². The fraction of sp³-hybridized carbons (Fsp3) is 0.385. The summed E-state index contributed by atoms with van der Waals surface area (Å²) >= 11 is 0. The Balaban J connectivity index is 1.54. The molecule has 1 aliphatic carbocycles. The number of benzene rings is 2. The number of imide groups is 1. The van der Waals surface area contributed by atoms with Gasteiger partial charge < -0.3 is 15.0 Å². The average molecular weight is 464 g/mol. The first kappa shape index (κ1) is 23.5. The molecular weight excluding hydrogens is 434 g/mol. The molecule has 0 spiro atoms. The maximum atomic E-state index is 13.4. The lowest BCUT2D eigenvalue weighted by Gasteiger charge is -2.33. The van der Waals surface area contributed by atoms with Gasteiger partial charge in [0.1, 0.15) is 6.04 Å². The van der Waals surface area contributed by atoms with E-state index >= 15 is 0 Å². The molecular formula is C26H29N3O5. The van der Waals surface area contributed by atoms with E-state index in [9.17, 15) is 19.2 Å². The Morgan fingerprint density at radius 2 is 1.62 bits per heavy atom. The second kappa shape index (κ2) is 10.1. The molecule has 0 unspecified atom stereocenters. The number of nitrogens with one attached hydrogen (secondary N) is 1. The first-order valence-electron chi connectivity index (χ1n) is 11.6. The monoisotopic (exact) mass is 463 g/mol. The zero-order valence-electron chi connectivity index (χ0n) is 19.5. The minimum absolute atomic E-state index is 0.0576. The second-order valence-electron chi connectivity index (χ2n) is 8.83. The average Bonchev–Trinajstić information content (AvgIpc) is 3.09. The smallest absolute Gasteiger partial charge is 0.337 e. The summed E-state index contributed by atoms with van der Waals surface area (Å²) in [6.07, 6.45) is 4.63. The van der Waals surface area contributed by atoms with Crippen LogP contribution in [0.5, 0.6) is 0 Å². The first-order chi connectivity index (χ1) is 16.4. The fourth-order valence-corrected chi connectivity index (χ4v) is 4.69. The molecule has 2 aromatic rings. The minimum Gasteiger partial charge on any atom is -0.465 e. The summed E-state index contributed by atoms with van der Waals surface area (Å²) in [7, 11) is 1.30. The number of nitrogens with zero attached hydrogens (tertiary/aromatic N) is 2. The van der Waals surface area contributed by atoms with Crippen LogP contribution in [0.15, 0.2) is 48.5 Å². The van der Waals surface area contributed by atoms with E-state index in [1.165, 1.54) is 12.0 Å². The lowest BCUT2D eigenvalue weighted by atomic mass is 9.93. The van der Waals surface area contributed by atoms with Gasteiger partial charge in [-0.2, -0.15) is 0 Å². The molecule has 2 aliphatic rings. The van der Waals surface area contributed by atoms with Gasteiger partial charge in [0.15, 0.2) is 0 Å². The number of hydrogen-bond acceptors (Lipinski definition) is 5. The van der Waals surface area contributed by atoms with Crippen LogP contribution in [0.3, 0.4) is 0 Å². The molecule has 1 atom stereocenters. The van der Waals surface area contributed by atoms with Crippen molar-refractivity contribution in [2.45, 2.75) is 57.5 Å². The molecule has 34 heavy (non-hydrogen) atoms. The maximum Gasteiger partial charge on any atom is 0.337 e. The molecule has 1 saturated heterocycles. The van der Waals surface area contributed by atoms with E-state index in [-0.39, 0.29) is 30.3 Å². The largest absolute Gasteiger partial charge is 0.465 e. The van der Waals surface area contributed by atoms with E-state index in [0.29, 0.717) is 16.9 Å². The number of aryl methyl sites for hydroxylation is 1. The van der Waals surface area contributed by atoms with Gasteiger partial charge in [0.2, 0.25) is 5.91 Å². The van der Waals surface area contributed by atoms with E-state index < -0.39 is 12.0 Å². The fourth-order valence-electron chi connectivity index (χ4n) is 4.69. The van der Waals surface area contributed by atoms with Crippen molar-refractivity contribution < 1.29 is 23.9 Å². The number of ether oxygens (including phenoxy) is 1. The van der Waals surface area contributed by atoms with Crippen LogP contribution < -0.4 is 10.2 Å². The first-order valence-corrected chi connectivity index (χ1v) is 11.6. The van der Waals surface area contributed by atoms with Crippen molar-refractivity contribution >= 4 is 35.2 Å². The number of esters is 1. The Labute approximate surface area is 198 Å². The van der Waals surface area contributed by atoms with E-state index in [1.807, 2.05) is 19.1 Å². The number of carbonyl (C=O) groups excluding carboxylic acids is 4. The van der Waals surface area contributed by atoms with Crippen molar-refractivity contribution in [3.05, 3.63) is 59.7 Å². The van der Waals surface area contributed by atoms with Crippen LogP contribution in [0.4, 0.5) is 16.2 Å². The van der Waals surface area contributed by atoms with Crippen LogP contribution in [0, 0.1) is 6.92 Å². The van der Waals surface area contributed by atoms with Crippen LogP contribution in [0.25, 0.3) is 0 Å². The van der Waals surface area contributed by atoms with Gasteiger partial charge in [-0.25, -0.2) is 14.5 Å². The third-order valence-electron chi connectivity index (χ3n) is 6.48. The van der Waals surface area contributed by atoms with Crippen LogP contribution in [0.2, 0.25) is 0 Å². The van der Waals surface area contributed by atoms with Crippen molar-refractivity contribution in [2.75, 3.05) is 17.3 Å². The number of hydrogen-bond donors (Lipinski definition) is 1. The van der Waals surface area contributed by atoms with Gasteiger partial charge in [0, 0.05) is 11.7 Å².